The molecule has 41 heavy (non-hydrogen) atoms. The Balaban J connectivity index is 2.06. The standard InChI is InChI=1S/C31H38ClN3O5S/c1-6-23(4)33-31(37)29(7-2)34(20-24-9-8-10-27(19-24)40-5)30(36)21-35(26-15-11-22(3)12-16-26)41(38,39)28-17-13-25(32)14-18-28/h8-19,23,29H,6-7,20-21H2,1-5H3,(H,33,37)/t23-,29+/m1/s1. The molecule has 0 aliphatic heterocycles. The highest BCUT2D eigenvalue weighted by Gasteiger charge is 2.34. The Morgan fingerprint density at radius 3 is 2.22 bits per heavy atom. The van der Waals surface area contributed by atoms with Crippen molar-refractivity contribution in [3.05, 3.63) is 88.9 Å². The van der Waals surface area contributed by atoms with Gasteiger partial charge in [0, 0.05) is 17.6 Å². The normalized spacial score (nSPS) is 12.7. The van der Waals surface area contributed by atoms with E-state index in [1.807, 2.05) is 33.8 Å². The number of hydrogen-bond acceptors (Lipinski definition) is 5. The molecule has 3 aromatic carbocycles. The molecule has 10 heteroatoms. The molecule has 0 radical (unpaired) electrons. The molecule has 0 heterocycles. The highest BCUT2D eigenvalue weighted by atomic mass is 35.5. The Bertz CT molecular complexity index is 1430. The second-order valence-corrected chi connectivity index (χ2v) is 12.2. The predicted octanol–water partition coefficient (Wildman–Crippen LogP) is 5.57. The fourth-order valence-corrected chi connectivity index (χ4v) is 5.84. The third kappa shape index (κ3) is 8.24. The Kier molecular flexibility index (Phi) is 11.2. The lowest BCUT2D eigenvalue weighted by atomic mass is 10.1. The Labute approximate surface area is 248 Å². The maximum atomic E-state index is 14.1. The number of benzene rings is 3. The molecule has 0 aromatic heterocycles. The first-order chi connectivity index (χ1) is 19.5. The molecule has 2 amide bonds. The molecule has 0 aliphatic rings. The molecule has 220 valence electrons. The summed E-state index contributed by atoms with van der Waals surface area (Å²) >= 11 is 6.01. The van der Waals surface area contributed by atoms with E-state index in [-0.39, 0.29) is 23.4 Å². The van der Waals surface area contributed by atoms with Gasteiger partial charge in [0.1, 0.15) is 18.3 Å². The van der Waals surface area contributed by atoms with Crippen LogP contribution < -0.4 is 14.4 Å². The molecule has 0 spiro atoms. The zero-order valence-corrected chi connectivity index (χ0v) is 25.7. The SMILES string of the molecule is CC[C@@H](C)NC(=O)[C@H](CC)N(Cc1cccc(OC)c1)C(=O)CN(c1ccc(C)cc1)S(=O)(=O)c1ccc(Cl)cc1. The zero-order chi connectivity index (χ0) is 30.2. The number of anilines is 1. The molecule has 8 nitrogen and oxygen atoms in total. The van der Waals surface area contributed by atoms with Gasteiger partial charge >= 0.3 is 0 Å². The predicted molar refractivity (Wildman–Crippen MR) is 163 cm³/mol. The van der Waals surface area contributed by atoms with Gasteiger partial charge < -0.3 is 15.0 Å². The number of nitrogens with zero attached hydrogens (tertiary/aromatic N) is 2. The van der Waals surface area contributed by atoms with Crippen molar-refractivity contribution in [2.45, 2.75) is 64.1 Å². The third-order valence-electron chi connectivity index (χ3n) is 6.88. The summed E-state index contributed by atoms with van der Waals surface area (Å²) in [6, 6.07) is 19.0. The molecule has 1 N–H and O–H groups in total. The first-order valence-electron chi connectivity index (χ1n) is 13.6. The largest absolute Gasteiger partial charge is 0.497 e. The van der Waals surface area contributed by atoms with Crippen LogP contribution in [0.1, 0.15) is 44.7 Å². The fourth-order valence-electron chi connectivity index (χ4n) is 4.30. The number of hydrogen-bond donors (Lipinski definition) is 1. The molecule has 3 aromatic rings. The van der Waals surface area contributed by atoms with Crippen LogP contribution in [0.4, 0.5) is 5.69 Å². The molecular weight excluding hydrogens is 562 g/mol. The molecule has 3 rings (SSSR count). The van der Waals surface area contributed by atoms with E-state index in [0.717, 1.165) is 21.9 Å². The van der Waals surface area contributed by atoms with Crippen molar-refractivity contribution in [1.82, 2.24) is 10.2 Å². The van der Waals surface area contributed by atoms with Gasteiger partial charge in [-0.3, -0.25) is 13.9 Å². The second-order valence-electron chi connectivity index (χ2n) is 9.92. The van der Waals surface area contributed by atoms with Crippen molar-refractivity contribution in [3.63, 3.8) is 0 Å². The summed E-state index contributed by atoms with van der Waals surface area (Å²) in [5.41, 5.74) is 2.02. The van der Waals surface area contributed by atoms with Crippen molar-refractivity contribution in [3.8, 4) is 5.75 Å². The Morgan fingerprint density at radius 2 is 1.63 bits per heavy atom. The minimum absolute atomic E-state index is 0.00354. The molecule has 0 saturated heterocycles. The van der Waals surface area contributed by atoms with E-state index in [9.17, 15) is 18.0 Å². The van der Waals surface area contributed by atoms with E-state index < -0.39 is 28.5 Å². The van der Waals surface area contributed by atoms with Crippen molar-refractivity contribution in [2.24, 2.45) is 0 Å². The topological polar surface area (TPSA) is 96.0 Å². The lowest BCUT2D eigenvalue weighted by Crippen LogP contribution is -2.53. The number of methoxy groups -OCH3 is 1. The summed E-state index contributed by atoms with van der Waals surface area (Å²) in [5, 5.41) is 3.37. The molecular formula is C31H38ClN3O5S. The average Bonchev–Trinajstić information content (AvgIpc) is 2.96. The minimum Gasteiger partial charge on any atom is -0.497 e. The van der Waals surface area contributed by atoms with E-state index in [4.69, 9.17) is 16.3 Å². The number of sulfonamides is 1. The van der Waals surface area contributed by atoms with E-state index >= 15 is 0 Å². The first-order valence-corrected chi connectivity index (χ1v) is 15.4. The van der Waals surface area contributed by atoms with Crippen LogP contribution in [-0.2, 0) is 26.2 Å². The summed E-state index contributed by atoms with van der Waals surface area (Å²) in [4.78, 5) is 29.0. The van der Waals surface area contributed by atoms with Crippen LogP contribution in [0.25, 0.3) is 0 Å². The molecule has 0 aliphatic carbocycles. The van der Waals surface area contributed by atoms with Gasteiger partial charge in [0.25, 0.3) is 10.0 Å². The quantitative estimate of drug-likeness (QED) is 0.277. The summed E-state index contributed by atoms with van der Waals surface area (Å²) in [6.07, 6.45) is 1.07. The van der Waals surface area contributed by atoms with Gasteiger partial charge in [0.05, 0.1) is 17.7 Å². The number of carbonyl (C=O) groups excluding carboxylic acids is 2. The number of rotatable bonds is 13. The Morgan fingerprint density at radius 1 is 0.976 bits per heavy atom. The van der Waals surface area contributed by atoms with Crippen LogP contribution in [-0.4, -0.2) is 50.9 Å². The first kappa shape index (κ1) is 32.0. The van der Waals surface area contributed by atoms with Gasteiger partial charge in [-0.1, -0.05) is 55.3 Å². The number of nitrogens with one attached hydrogen (secondary N) is 1. The molecule has 2 atom stereocenters. The van der Waals surface area contributed by atoms with E-state index in [1.165, 1.54) is 29.2 Å². The number of halogens is 1. The van der Waals surface area contributed by atoms with Crippen LogP contribution in [0.5, 0.6) is 5.75 Å². The average molecular weight is 600 g/mol. The van der Waals surface area contributed by atoms with Crippen molar-refractivity contribution >= 4 is 39.1 Å². The summed E-state index contributed by atoms with van der Waals surface area (Å²) in [5.74, 6) is -0.198. The maximum Gasteiger partial charge on any atom is 0.264 e. The van der Waals surface area contributed by atoms with Gasteiger partial charge in [0.15, 0.2) is 0 Å². The summed E-state index contributed by atoms with van der Waals surface area (Å²) in [7, 11) is -2.61. The summed E-state index contributed by atoms with van der Waals surface area (Å²) in [6.45, 7) is 7.17. The van der Waals surface area contributed by atoms with Crippen molar-refractivity contribution in [2.75, 3.05) is 18.0 Å². The molecule has 0 unspecified atom stereocenters. The summed E-state index contributed by atoms with van der Waals surface area (Å²) < 4.78 is 34.2. The molecule has 0 bridgehead atoms. The van der Waals surface area contributed by atoms with E-state index in [0.29, 0.717) is 22.9 Å². The minimum atomic E-state index is -4.16. The fraction of sp³-hybridized carbons (Fsp3) is 0.355. The number of carbonyl (C=O) groups is 2. The van der Waals surface area contributed by atoms with Gasteiger partial charge in [-0.05, 0) is 80.8 Å². The monoisotopic (exact) mass is 599 g/mol. The van der Waals surface area contributed by atoms with E-state index in [1.54, 1.807) is 49.6 Å². The van der Waals surface area contributed by atoms with Gasteiger partial charge in [-0.15, -0.1) is 0 Å². The maximum absolute atomic E-state index is 14.1. The van der Waals surface area contributed by atoms with Crippen molar-refractivity contribution in [1.29, 1.82) is 0 Å². The van der Waals surface area contributed by atoms with Crippen molar-refractivity contribution < 1.29 is 22.7 Å². The highest BCUT2D eigenvalue weighted by molar-refractivity contribution is 7.92. The lowest BCUT2D eigenvalue weighted by molar-refractivity contribution is -0.140. The van der Waals surface area contributed by atoms with Gasteiger partial charge in [-0.25, -0.2) is 8.42 Å². The van der Waals surface area contributed by atoms with Crippen LogP contribution in [0.15, 0.2) is 77.7 Å². The number of ether oxygens (including phenoxy) is 1. The van der Waals surface area contributed by atoms with Crippen LogP contribution >= 0.6 is 11.6 Å². The van der Waals surface area contributed by atoms with Crippen LogP contribution in [0.3, 0.4) is 0 Å². The number of aryl methyl sites for hydroxylation is 1. The number of amides is 2. The lowest BCUT2D eigenvalue weighted by Gasteiger charge is -2.33. The Hall–Kier alpha value is -3.56. The molecule has 0 fully saturated rings. The van der Waals surface area contributed by atoms with E-state index in [2.05, 4.69) is 5.32 Å². The van der Waals surface area contributed by atoms with Crippen LogP contribution in [0, 0.1) is 6.92 Å². The van der Waals surface area contributed by atoms with Gasteiger partial charge in [-0.2, -0.15) is 0 Å². The van der Waals surface area contributed by atoms with Crippen LogP contribution in [0.2, 0.25) is 5.02 Å². The zero-order valence-electron chi connectivity index (χ0n) is 24.1. The molecule has 0 saturated carbocycles. The smallest absolute Gasteiger partial charge is 0.264 e. The highest BCUT2D eigenvalue weighted by Crippen LogP contribution is 2.26. The van der Waals surface area contributed by atoms with Gasteiger partial charge in [0.2, 0.25) is 11.8 Å². The third-order valence-corrected chi connectivity index (χ3v) is 8.92. The second kappa shape index (κ2) is 14.4.